The molecule has 0 bridgehead atoms. The summed E-state index contributed by atoms with van der Waals surface area (Å²) in [6, 6.07) is 1.78. The van der Waals surface area contributed by atoms with E-state index in [4.69, 9.17) is 4.18 Å². The van der Waals surface area contributed by atoms with E-state index in [9.17, 15) is 13.5 Å². The van der Waals surface area contributed by atoms with E-state index in [0.29, 0.717) is 25.7 Å². The predicted molar refractivity (Wildman–Crippen MR) is 74.0 cm³/mol. The van der Waals surface area contributed by atoms with E-state index in [1.165, 1.54) is 0 Å². The van der Waals surface area contributed by atoms with Gasteiger partial charge >= 0.3 is 0 Å². The summed E-state index contributed by atoms with van der Waals surface area (Å²) in [6.07, 6.45) is 5.95. The maximum Gasteiger partial charge on any atom is 0.264 e. The molecule has 1 N–H and O–H groups in total. The number of aromatic nitrogens is 1. The van der Waals surface area contributed by atoms with E-state index >= 15 is 0 Å². The number of pyridine rings is 1. The van der Waals surface area contributed by atoms with Crippen molar-refractivity contribution in [1.82, 2.24) is 4.98 Å². The quantitative estimate of drug-likeness (QED) is 0.844. The average Bonchev–Trinajstić information content (AvgIpc) is 2.31. The zero-order chi connectivity index (χ0) is 14.1. The van der Waals surface area contributed by atoms with Crippen LogP contribution in [0.2, 0.25) is 0 Å². The number of rotatable bonds is 3. The van der Waals surface area contributed by atoms with Gasteiger partial charge in [0.05, 0.1) is 18.0 Å². The lowest BCUT2D eigenvalue weighted by atomic mass is 9.79. The van der Waals surface area contributed by atoms with Crippen molar-refractivity contribution in [1.29, 1.82) is 0 Å². The van der Waals surface area contributed by atoms with Gasteiger partial charge in [0.25, 0.3) is 10.1 Å². The van der Waals surface area contributed by atoms with E-state index in [2.05, 4.69) is 20.9 Å². The average molecular weight is 350 g/mol. The largest absolute Gasteiger partial charge is 0.385 e. The summed E-state index contributed by atoms with van der Waals surface area (Å²) in [5, 5.41) is 10.7. The molecule has 1 heterocycles. The molecule has 2 rings (SSSR count). The Morgan fingerprint density at radius 3 is 2.63 bits per heavy atom. The van der Waals surface area contributed by atoms with Crippen LogP contribution in [0.15, 0.2) is 22.9 Å². The van der Waals surface area contributed by atoms with Crippen molar-refractivity contribution in [3.8, 4) is 0 Å². The molecule has 0 aliphatic heterocycles. The van der Waals surface area contributed by atoms with Crippen molar-refractivity contribution in [2.24, 2.45) is 0 Å². The van der Waals surface area contributed by atoms with Crippen molar-refractivity contribution in [3.63, 3.8) is 0 Å². The fourth-order valence-electron chi connectivity index (χ4n) is 2.43. The van der Waals surface area contributed by atoms with Crippen LogP contribution in [0.3, 0.4) is 0 Å². The molecular weight excluding hydrogens is 334 g/mol. The first-order chi connectivity index (χ1) is 8.80. The molecule has 5 nitrogen and oxygen atoms in total. The van der Waals surface area contributed by atoms with E-state index in [0.717, 1.165) is 16.3 Å². The maximum absolute atomic E-state index is 11.1. The van der Waals surface area contributed by atoms with E-state index in [1.807, 2.05) is 0 Å². The van der Waals surface area contributed by atoms with Crippen molar-refractivity contribution >= 4 is 26.0 Å². The summed E-state index contributed by atoms with van der Waals surface area (Å²) in [6.45, 7) is 0. The first-order valence-electron chi connectivity index (χ1n) is 6.01. The van der Waals surface area contributed by atoms with Gasteiger partial charge in [0.2, 0.25) is 0 Å². The van der Waals surface area contributed by atoms with Gasteiger partial charge in [-0.2, -0.15) is 8.42 Å². The molecule has 1 fully saturated rings. The molecule has 1 aromatic rings. The fraction of sp³-hybridized carbons (Fsp3) is 0.583. The molecule has 0 radical (unpaired) electrons. The SMILES string of the molecule is CS(=O)(=O)OC1CCC(O)(c2ccncc2Br)CC1. The van der Waals surface area contributed by atoms with Crippen LogP contribution in [0.5, 0.6) is 0 Å². The molecule has 0 saturated heterocycles. The molecule has 106 valence electrons. The van der Waals surface area contributed by atoms with Gasteiger partial charge in [0.15, 0.2) is 0 Å². The summed E-state index contributed by atoms with van der Waals surface area (Å²) in [7, 11) is -3.43. The third-order valence-electron chi connectivity index (χ3n) is 3.34. The summed E-state index contributed by atoms with van der Waals surface area (Å²) in [5.41, 5.74) is -0.153. The summed E-state index contributed by atoms with van der Waals surface area (Å²) >= 11 is 3.38. The maximum atomic E-state index is 11.1. The molecule has 7 heteroatoms. The van der Waals surface area contributed by atoms with Crippen LogP contribution in [0.4, 0.5) is 0 Å². The minimum absolute atomic E-state index is 0.337. The highest BCUT2D eigenvalue weighted by molar-refractivity contribution is 9.10. The lowest BCUT2D eigenvalue weighted by Crippen LogP contribution is -2.35. The molecule has 1 aromatic heterocycles. The molecule has 0 amide bonds. The van der Waals surface area contributed by atoms with Crippen LogP contribution in [-0.2, 0) is 19.9 Å². The zero-order valence-electron chi connectivity index (χ0n) is 10.5. The highest BCUT2D eigenvalue weighted by Gasteiger charge is 2.37. The van der Waals surface area contributed by atoms with Crippen molar-refractivity contribution < 1.29 is 17.7 Å². The normalized spacial score (nSPS) is 28.3. The standard InChI is InChI=1S/C12H16BrNO4S/c1-19(16,17)18-9-2-5-12(15,6-3-9)10-4-7-14-8-11(10)13/h4,7-9,15H,2-3,5-6H2,1H3. The molecule has 0 aromatic carbocycles. The third-order valence-corrected chi connectivity index (χ3v) is 4.60. The number of hydrogen-bond acceptors (Lipinski definition) is 5. The second-order valence-electron chi connectivity index (χ2n) is 4.89. The van der Waals surface area contributed by atoms with Gasteiger partial charge in [-0.1, -0.05) is 0 Å². The van der Waals surface area contributed by atoms with Crippen LogP contribution < -0.4 is 0 Å². The summed E-state index contributed by atoms with van der Waals surface area (Å²) < 4.78 is 27.9. The molecule has 0 atom stereocenters. The third kappa shape index (κ3) is 3.75. The first kappa shape index (κ1) is 14.9. The molecule has 0 spiro atoms. The lowest BCUT2D eigenvalue weighted by molar-refractivity contribution is -0.0295. The Kier molecular flexibility index (Phi) is 4.29. The van der Waals surface area contributed by atoms with E-state index in [-0.39, 0.29) is 6.10 Å². The van der Waals surface area contributed by atoms with Crippen molar-refractivity contribution in [3.05, 3.63) is 28.5 Å². The first-order valence-corrected chi connectivity index (χ1v) is 8.62. The monoisotopic (exact) mass is 349 g/mol. The van der Waals surface area contributed by atoms with E-state index in [1.54, 1.807) is 18.5 Å². The summed E-state index contributed by atoms with van der Waals surface area (Å²) in [5.74, 6) is 0. The van der Waals surface area contributed by atoms with Crippen molar-refractivity contribution in [2.45, 2.75) is 37.4 Å². The van der Waals surface area contributed by atoms with Gasteiger partial charge < -0.3 is 5.11 Å². The molecule has 0 unspecified atom stereocenters. The highest BCUT2D eigenvalue weighted by atomic mass is 79.9. The van der Waals surface area contributed by atoms with Crippen molar-refractivity contribution in [2.75, 3.05) is 6.26 Å². The van der Waals surface area contributed by atoms with Crippen LogP contribution in [0.25, 0.3) is 0 Å². The predicted octanol–water partition coefficient (Wildman–Crippen LogP) is 1.95. The van der Waals surface area contributed by atoms with E-state index < -0.39 is 15.7 Å². The Bertz CT molecular complexity index is 553. The topological polar surface area (TPSA) is 76.5 Å². The Hall–Kier alpha value is -0.500. The Balaban J connectivity index is 2.08. The van der Waals surface area contributed by atoms with Crippen LogP contribution in [0, 0.1) is 0 Å². The second kappa shape index (κ2) is 5.47. The Morgan fingerprint density at radius 2 is 2.11 bits per heavy atom. The van der Waals surface area contributed by atoms with Gasteiger partial charge in [-0.05, 0) is 47.7 Å². The van der Waals surface area contributed by atoms with Crippen LogP contribution in [-0.4, -0.2) is 30.9 Å². The van der Waals surface area contributed by atoms with Gasteiger partial charge in [0.1, 0.15) is 0 Å². The minimum Gasteiger partial charge on any atom is -0.385 e. The second-order valence-corrected chi connectivity index (χ2v) is 7.34. The zero-order valence-corrected chi connectivity index (χ0v) is 12.9. The molecule has 19 heavy (non-hydrogen) atoms. The van der Waals surface area contributed by atoms with Crippen LogP contribution in [0.1, 0.15) is 31.2 Å². The molecule has 1 aliphatic carbocycles. The molecular formula is C12H16BrNO4S. The minimum atomic E-state index is -3.43. The molecule has 1 saturated carbocycles. The Labute approximate surface area is 121 Å². The summed E-state index contributed by atoms with van der Waals surface area (Å²) in [4.78, 5) is 3.97. The highest BCUT2D eigenvalue weighted by Crippen LogP contribution is 2.40. The van der Waals surface area contributed by atoms with Crippen LogP contribution >= 0.6 is 15.9 Å². The fourth-order valence-corrected chi connectivity index (χ4v) is 3.74. The van der Waals surface area contributed by atoms with Gasteiger partial charge in [-0.25, -0.2) is 0 Å². The molecule has 1 aliphatic rings. The van der Waals surface area contributed by atoms with Gasteiger partial charge in [-0.15, -0.1) is 0 Å². The Morgan fingerprint density at radius 1 is 1.47 bits per heavy atom. The van der Waals surface area contributed by atoms with Gasteiger partial charge in [-0.3, -0.25) is 9.17 Å². The lowest BCUT2D eigenvalue weighted by Gasteiger charge is -2.36. The number of nitrogens with zero attached hydrogens (tertiary/aromatic N) is 1. The number of hydrogen-bond donors (Lipinski definition) is 1. The smallest absolute Gasteiger partial charge is 0.264 e. The number of aliphatic hydroxyl groups is 1. The number of halogens is 1. The van der Waals surface area contributed by atoms with Gasteiger partial charge in [0, 0.05) is 22.4 Å².